The topological polar surface area (TPSA) is 94.3 Å². The molecule has 3 heterocycles. The quantitative estimate of drug-likeness (QED) is 0.483. The highest BCUT2D eigenvalue weighted by molar-refractivity contribution is 5.68. The van der Waals surface area contributed by atoms with Crippen molar-refractivity contribution in [1.29, 1.82) is 0 Å². The van der Waals surface area contributed by atoms with Crippen LogP contribution in [0.5, 0.6) is 0 Å². The van der Waals surface area contributed by atoms with Crippen LogP contribution >= 0.6 is 0 Å². The minimum Gasteiger partial charge on any atom is -0.353 e. The van der Waals surface area contributed by atoms with E-state index in [0.717, 1.165) is 5.52 Å². The van der Waals surface area contributed by atoms with E-state index in [-0.39, 0.29) is 0 Å². The molecule has 0 radical (unpaired) electrons. The number of nitrogens with two attached hydrogens (primary N) is 1. The molecule has 0 atom stereocenters. The molecule has 7 heteroatoms. The van der Waals surface area contributed by atoms with Crippen LogP contribution in [0.15, 0.2) is 35.1 Å². The monoisotopic (exact) mass is 216 g/mol. The summed E-state index contributed by atoms with van der Waals surface area (Å²) in [7, 11) is 0. The highest BCUT2D eigenvalue weighted by Crippen LogP contribution is 2.19. The van der Waals surface area contributed by atoms with Crippen LogP contribution in [0.3, 0.4) is 0 Å². The first kappa shape index (κ1) is 8.86. The van der Waals surface area contributed by atoms with Crippen molar-refractivity contribution >= 4 is 11.3 Å². The number of fused-ring (bicyclic) bond motifs is 1. The summed E-state index contributed by atoms with van der Waals surface area (Å²) in [5, 5.41) is 7.87. The average molecular weight is 216 g/mol. The molecule has 0 aliphatic heterocycles. The number of nitrogen functional groups attached to an aromatic ring is 1. The number of hydrogen-bond donors (Lipinski definition) is 2. The van der Waals surface area contributed by atoms with Gasteiger partial charge in [0.05, 0.1) is 6.20 Å². The van der Waals surface area contributed by atoms with E-state index in [9.17, 15) is 0 Å². The number of nitrogens with zero attached hydrogens (tertiary/aromatic N) is 4. The van der Waals surface area contributed by atoms with Gasteiger partial charge in [-0.3, -0.25) is 0 Å². The van der Waals surface area contributed by atoms with Crippen molar-refractivity contribution in [1.82, 2.24) is 19.8 Å². The summed E-state index contributed by atoms with van der Waals surface area (Å²) in [6, 6.07) is 5.40. The normalized spacial score (nSPS) is 10.8. The standard InChI is InChI=1S/C9H8N6O/c10-13-8-6-2-1-5-15(6)14-9(12-8)7-3-4-11-16-7/h1-5H,10H2,(H,12,13,14). The summed E-state index contributed by atoms with van der Waals surface area (Å²) >= 11 is 0. The van der Waals surface area contributed by atoms with Gasteiger partial charge in [0.25, 0.3) is 0 Å². The summed E-state index contributed by atoms with van der Waals surface area (Å²) in [5.74, 6) is 6.85. The highest BCUT2D eigenvalue weighted by Gasteiger charge is 2.10. The largest absolute Gasteiger partial charge is 0.353 e. The van der Waals surface area contributed by atoms with Crippen molar-refractivity contribution in [3.05, 3.63) is 30.6 Å². The van der Waals surface area contributed by atoms with E-state index in [1.165, 1.54) is 6.20 Å². The molecular formula is C9H8N6O. The summed E-state index contributed by atoms with van der Waals surface area (Å²) in [6.07, 6.45) is 3.34. The van der Waals surface area contributed by atoms with Gasteiger partial charge < -0.3 is 9.95 Å². The smallest absolute Gasteiger partial charge is 0.220 e. The molecule has 3 N–H and O–H groups in total. The van der Waals surface area contributed by atoms with Gasteiger partial charge in [-0.05, 0) is 12.1 Å². The number of nitrogens with one attached hydrogen (secondary N) is 1. The van der Waals surface area contributed by atoms with Crippen LogP contribution in [0, 0.1) is 0 Å². The highest BCUT2D eigenvalue weighted by atomic mass is 16.5. The van der Waals surface area contributed by atoms with Crippen LogP contribution in [-0.2, 0) is 0 Å². The Balaban J connectivity index is 2.27. The predicted octanol–water partition coefficient (Wildman–Crippen LogP) is 0.670. The van der Waals surface area contributed by atoms with Crippen molar-refractivity contribution in [2.75, 3.05) is 5.43 Å². The lowest BCUT2D eigenvalue weighted by Crippen LogP contribution is -2.11. The van der Waals surface area contributed by atoms with E-state index in [0.29, 0.717) is 17.4 Å². The van der Waals surface area contributed by atoms with Crippen LogP contribution < -0.4 is 11.3 Å². The van der Waals surface area contributed by atoms with Gasteiger partial charge in [-0.1, -0.05) is 5.16 Å². The van der Waals surface area contributed by atoms with Crippen molar-refractivity contribution < 1.29 is 4.52 Å². The number of anilines is 1. The molecule has 3 aromatic heterocycles. The Kier molecular flexibility index (Phi) is 1.84. The molecule has 0 aliphatic rings. The second kappa shape index (κ2) is 3.31. The van der Waals surface area contributed by atoms with Crippen molar-refractivity contribution in [3.8, 4) is 11.6 Å². The maximum atomic E-state index is 5.40. The fourth-order valence-electron chi connectivity index (χ4n) is 1.48. The van der Waals surface area contributed by atoms with Crippen LogP contribution in [0.25, 0.3) is 17.1 Å². The SMILES string of the molecule is NNc1nc(-c2ccno2)nn2cccc12. The zero-order chi connectivity index (χ0) is 11.0. The van der Waals surface area contributed by atoms with Crippen LogP contribution in [-0.4, -0.2) is 19.8 Å². The van der Waals surface area contributed by atoms with Gasteiger partial charge in [-0.25, -0.2) is 15.3 Å². The molecular weight excluding hydrogens is 208 g/mol. The Hall–Kier alpha value is -2.41. The fraction of sp³-hybridized carbons (Fsp3) is 0. The lowest BCUT2D eigenvalue weighted by Gasteiger charge is -2.03. The third kappa shape index (κ3) is 1.22. The first-order valence-electron chi connectivity index (χ1n) is 4.61. The Morgan fingerprint density at radius 1 is 1.38 bits per heavy atom. The summed E-state index contributed by atoms with van der Waals surface area (Å²) in [6.45, 7) is 0. The van der Waals surface area contributed by atoms with Crippen molar-refractivity contribution in [2.45, 2.75) is 0 Å². The maximum Gasteiger partial charge on any atom is 0.220 e. The molecule has 7 nitrogen and oxygen atoms in total. The summed E-state index contributed by atoms with van der Waals surface area (Å²) in [5.41, 5.74) is 3.32. The number of aromatic nitrogens is 4. The van der Waals surface area contributed by atoms with Gasteiger partial charge in [0, 0.05) is 12.3 Å². The lowest BCUT2D eigenvalue weighted by molar-refractivity contribution is 0.429. The summed E-state index contributed by atoms with van der Waals surface area (Å²) < 4.78 is 6.65. The van der Waals surface area contributed by atoms with Gasteiger partial charge in [0.2, 0.25) is 11.6 Å². The number of hydrazine groups is 1. The molecule has 3 aromatic rings. The van der Waals surface area contributed by atoms with Crippen molar-refractivity contribution in [3.63, 3.8) is 0 Å². The second-order valence-corrected chi connectivity index (χ2v) is 3.14. The molecule has 0 unspecified atom stereocenters. The van der Waals surface area contributed by atoms with Gasteiger partial charge in [0.15, 0.2) is 5.82 Å². The first-order chi connectivity index (χ1) is 7.88. The van der Waals surface area contributed by atoms with Gasteiger partial charge in [-0.15, -0.1) is 5.10 Å². The first-order valence-corrected chi connectivity index (χ1v) is 4.61. The van der Waals surface area contributed by atoms with E-state index >= 15 is 0 Å². The van der Waals surface area contributed by atoms with E-state index in [4.69, 9.17) is 10.4 Å². The zero-order valence-corrected chi connectivity index (χ0v) is 8.16. The molecule has 16 heavy (non-hydrogen) atoms. The number of rotatable bonds is 2. The Morgan fingerprint density at radius 3 is 3.06 bits per heavy atom. The van der Waals surface area contributed by atoms with Gasteiger partial charge >= 0.3 is 0 Å². The second-order valence-electron chi connectivity index (χ2n) is 3.14. The summed E-state index contributed by atoms with van der Waals surface area (Å²) in [4.78, 5) is 4.23. The van der Waals surface area contributed by atoms with Crippen LogP contribution in [0.4, 0.5) is 5.82 Å². The molecule has 0 saturated heterocycles. The average Bonchev–Trinajstić information content (AvgIpc) is 2.97. The van der Waals surface area contributed by atoms with Crippen LogP contribution in [0.2, 0.25) is 0 Å². The van der Waals surface area contributed by atoms with Crippen molar-refractivity contribution in [2.24, 2.45) is 5.84 Å². The molecule has 0 saturated carbocycles. The molecule has 0 spiro atoms. The Bertz CT molecular complexity index is 614. The molecule has 80 valence electrons. The maximum absolute atomic E-state index is 5.40. The van der Waals surface area contributed by atoms with Gasteiger partial charge in [-0.2, -0.15) is 0 Å². The Labute approximate surface area is 89.8 Å². The molecule has 0 aromatic carbocycles. The third-order valence-electron chi connectivity index (χ3n) is 2.19. The molecule has 3 rings (SSSR count). The lowest BCUT2D eigenvalue weighted by atomic mass is 10.4. The van der Waals surface area contributed by atoms with Crippen LogP contribution in [0.1, 0.15) is 0 Å². The molecule has 0 bridgehead atoms. The Morgan fingerprint density at radius 2 is 2.31 bits per heavy atom. The zero-order valence-electron chi connectivity index (χ0n) is 8.16. The number of hydrogen-bond acceptors (Lipinski definition) is 6. The van der Waals surface area contributed by atoms with E-state index in [1.807, 2.05) is 12.1 Å². The fourth-order valence-corrected chi connectivity index (χ4v) is 1.48. The van der Waals surface area contributed by atoms with E-state index < -0.39 is 0 Å². The molecule has 0 amide bonds. The molecule has 0 fully saturated rings. The predicted molar refractivity (Wildman–Crippen MR) is 56.3 cm³/mol. The minimum absolute atomic E-state index is 0.425. The van der Waals surface area contributed by atoms with E-state index in [1.54, 1.807) is 16.8 Å². The third-order valence-corrected chi connectivity index (χ3v) is 2.19. The van der Waals surface area contributed by atoms with E-state index in [2.05, 4.69) is 20.7 Å². The minimum atomic E-state index is 0.425. The van der Waals surface area contributed by atoms with Gasteiger partial charge in [0.1, 0.15) is 5.52 Å². The molecule has 0 aliphatic carbocycles.